The summed E-state index contributed by atoms with van der Waals surface area (Å²) in [5.41, 5.74) is 2.94. The van der Waals surface area contributed by atoms with Gasteiger partial charge in [0.2, 0.25) is 0 Å². The molecule has 0 fully saturated rings. The van der Waals surface area contributed by atoms with E-state index in [4.69, 9.17) is 0 Å². The standard InChI is InChI=1S/C18H32N2S/c1-7-20(8-2)11-12-21-17-10-9-16(13-15(17)3)14-19-18(4,5)6/h9-10,13,19H,7-8,11-12,14H2,1-6H3. The Morgan fingerprint density at radius 1 is 1.14 bits per heavy atom. The average Bonchev–Trinajstić information content (AvgIpc) is 2.42. The second-order valence-corrected chi connectivity index (χ2v) is 7.72. The van der Waals surface area contributed by atoms with Gasteiger partial charge in [-0.3, -0.25) is 0 Å². The summed E-state index contributed by atoms with van der Waals surface area (Å²) in [6.45, 7) is 17.7. The summed E-state index contributed by atoms with van der Waals surface area (Å²) in [5, 5.41) is 3.54. The quantitative estimate of drug-likeness (QED) is 0.720. The van der Waals surface area contributed by atoms with E-state index in [0.717, 1.165) is 19.6 Å². The zero-order valence-electron chi connectivity index (χ0n) is 14.6. The highest BCUT2D eigenvalue weighted by Crippen LogP contribution is 2.23. The van der Waals surface area contributed by atoms with E-state index in [9.17, 15) is 0 Å². The molecule has 0 aliphatic rings. The van der Waals surface area contributed by atoms with Gasteiger partial charge in [0.15, 0.2) is 0 Å². The van der Waals surface area contributed by atoms with Crippen LogP contribution in [-0.4, -0.2) is 35.8 Å². The lowest BCUT2D eigenvalue weighted by atomic mass is 10.1. The van der Waals surface area contributed by atoms with Crippen LogP contribution in [-0.2, 0) is 6.54 Å². The van der Waals surface area contributed by atoms with Crippen molar-refractivity contribution in [2.75, 3.05) is 25.4 Å². The van der Waals surface area contributed by atoms with Crippen LogP contribution in [0, 0.1) is 6.92 Å². The summed E-state index contributed by atoms with van der Waals surface area (Å²) in [6.07, 6.45) is 0. The Bertz CT molecular complexity index is 420. The molecule has 1 rings (SSSR count). The van der Waals surface area contributed by atoms with E-state index in [1.54, 1.807) is 0 Å². The van der Waals surface area contributed by atoms with Crippen LogP contribution in [0.3, 0.4) is 0 Å². The minimum Gasteiger partial charge on any atom is -0.308 e. The van der Waals surface area contributed by atoms with Gasteiger partial charge in [-0.2, -0.15) is 0 Å². The molecular weight excluding hydrogens is 276 g/mol. The first-order valence-corrected chi connectivity index (χ1v) is 9.04. The van der Waals surface area contributed by atoms with Gasteiger partial charge in [0.1, 0.15) is 0 Å². The van der Waals surface area contributed by atoms with Crippen molar-refractivity contribution in [3.05, 3.63) is 29.3 Å². The van der Waals surface area contributed by atoms with E-state index in [1.165, 1.54) is 28.3 Å². The first-order chi connectivity index (χ1) is 9.85. The molecule has 21 heavy (non-hydrogen) atoms. The lowest BCUT2D eigenvalue weighted by Gasteiger charge is -2.21. The second kappa shape index (κ2) is 8.82. The van der Waals surface area contributed by atoms with Crippen LogP contribution in [0.5, 0.6) is 0 Å². The normalized spacial score (nSPS) is 12.1. The van der Waals surface area contributed by atoms with Gasteiger partial charge >= 0.3 is 0 Å². The summed E-state index contributed by atoms with van der Waals surface area (Å²) in [5.74, 6) is 1.17. The van der Waals surface area contributed by atoms with Gasteiger partial charge in [-0.15, -0.1) is 11.8 Å². The summed E-state index contributed by atoms with van der Waals surface area (Å²) in [7, 11) is 0. The Hall–Kier alpha value is -0.510. The number of nitrogens with one attached hydrogen (secondary N) is 1. The largest absolute Gasteiger partial charge is 0.308 e. The number of thioether (sulfide) groups is 1. The van der Waals surface area contributed by atoms with E-state index in [1.807, 2.05) is 11.8 Å². The second-order valence-electron chi connectivity index (χ2n) is 6.58. The lowest BCUT2D eigenvalue weighted by molar-refractivity contribution is 0.324. The summed E-state index contributed by atoms with van der Waals surface area (Å²) in [6, 6.07) is 6.85. The van der Waals surface area contributed by atoms with E-state index < -0.39 is 0 Å². The van der Waals surface area contributed by atoms with Gasteiger partial charge < -0.3 is 10.2 Å². The molecule has 0 atom stereocenters. The Labute approximate surface area is 135 Å². The van der Waals surface area contributed by atoms with Crippen molar-refractivity contribution in [2.45, 2.75) is 58.5 Å². The van der Waals surface area contributed by atoms with Crippen LogP contribution in [0.2, 0.25) is 0 Å². The molecule has 120 valence electrons. The number of nitrogens with zero attached hydrogens (tertiary/aromatic N) is 1. The highest BCUT2D eigenvalue weighted by molar-refractivity contribution is 7.99. The van der Waals surface area contributed by atoms with Crippen LogP contribution in [0.1, 0.15) is 45.7 Å². The smallest absolute Gasteiger partial charge is 0.0210 e. The van der Waals surface area contributed by atoms with E-state index in [2.05, 4.69) is 70.0 Å². The Morgan fingerprint density at radius 3 is 2.33 bits per heavy atom. The highest BCUT2D eigenvalue weighted by Gasteiger charge is 2.09. The fraction of sp³-hybridized carbons (Fsp3) is 0.667. The summed E-state index contributed by atoms with van der Waals surface area (Å²) < 4.78 is 0. The Kier molecular flexibility index (Phi) is 7.78. The third-order valence-electron chi connectivity index (χ3n) is 3.62. The Morgan fingerprint density at radius 2 is 1.81 bits per heavy atom. The Balaban J connectivity index is 2.50. The van der Waals surface area contributed by atoms with Gasteiger partial charge in [0.25, 0.3) is 0 Å². The molecule has 1 aromatic carbocycles. The molecule has 0 saturated heterocycles. The molecule has 1 aromatic rings. The molecule has 3 heteroatoms. The van der Waals surface area contributed by atoms with Gasteiger partial charge in [0.05, 0.1) is 0 Å². The fourth-order valence-electron chi connectivity index (χ4n) is 2.18. The van der Waals surface area contributed by atoms with Crippen molar-refractivity contribution < 1.29 is 0 Å². The molecule has 1 N–H and O–H groups in total. The van der Waals surface area contributed by atoms with Gasteiger partial charge in [-0.1, -0.05) is 26.0 Å². The van der Waals surface area contributed by atoms with Crippen molar-refractivity contribution in [1.82, 2.24) is 10.2 Å². The molecular formula is C18H32N2S. The molecule has 0 amide bonds. The van der Waals surface area contributed by atoms with Crippen molar-refractivity contribution in [3.63, 3.8) is 0 Å². The van der Waals surface area contributed by atoms with Crippen molar-refractivity contribution in [3.8, 4) is 0 Å². The van der Waals surface area contributed by atoms with Crippen molar-refractivity contribution >= 4 is 11.8 Å². The lowest BCUT2D eigenvalue weighted by Crippen LogP contribution is -2.35. The first kappa shape index (κ1) is 18.5. The molecule has 0 unspecified atom stereocenters. The number of rotatable bonds is 8. The number of hydrogen-bond acceptors (Lipinski definition) is 3. The molecule has 0 aliphatic carbocycles. The molecule has 0 radical (unpaired) electrons. The molecule has 0 aromatic heterocycles. The van der Waals surface area contributed by atoms with E-state index in [-0.39, 0.29) is 5.54 Å². The number of aryl methyl sites for hydroxylation is 1. The third-order valence-corrected chi connectivity index (χ3v) is 4.78. The highest BCUT2D eigenvalue weighted by atomic mass is 32.2. The van der Waals surface area contributed by atoms with Crippen LogP contribution in [0.15, 0.2) is 23.1 Å². The SMILES string of the molecule is CCN(CC)CCSc1ccc(CNC(C)(C)C)cc1C. The van der Waals surface area contributed by atoms with Crippen LogP contribution in [0.4, 0.5) is 0 Å². The maximum absolute atomic E-state index is 3.54. The third kappa shape index (κ3) is 7.35. The average molecular weight is 309 g/mol. The van der Waals surface area contributed by atoms with E-state index >= 15 is 0 Å². The monoisotopic (exact) mass is 308 g/mol. The van der Waals surface area contributed by atoms with Crippen LogP contribution in [0.25, 0.3) is 0 Å². The molecule has 0 saturated carbocycles. The van der Waals surface area contributed by atoms with Gasteiger partial charge in [-0.25, -0.2) is 0 Å². The number of hydrogen-bond donors (Lipinski definition) is 1. The van der Waals surface area contributed by atoms with Crippen molar-refractivity contribution in [1.29, 1.82) is 0 Å². The predicted octanol–water partition coefficient (Wildman–Crippen LogP) is 4.32. The minimum atomic E-state index is 0.172. The van der Waals surface area contributed by atoms with Crippen LogP contribution >= 0.6 is 11.8 Å². The van der Waals surface area contributed by atoms with E-state index in [0.29, 0.717) is 0 Å². The van der Waals surface area contributed by atoms with Gasteiger partial charge in [-0.05, 0) is 58.0 Å². The molecule has 0 aliphatic heterocycles. The molecule has 0 heterocycles. The topological polar surface area (TPSA) is 15.3 Å². The predicted molar refractivity (Wildman–Crippen MR) is 96.3 cm³/mol. The summed E-state index contributed by atoms with van der Waals surface area (Å²) >= 11 is 1.98. The maximum atomic E-state index is 3.54. The maximum Gasteiger partial charge on any atom is 0.0210 e. The first-order valence-electron chi connectivity index (χ1n) is 8.05. The zero-order valence-corrected chi connectivity index (χ0v) is 15.4. The van der Waals surface area contributed by atoms with Gasteiger partial charge in [0, 0.05) is 29.3 Å². The molecule has 0 spiro atoms. The molecule has 0 bridgehead atoms. The van der Waals surface area contributed by atoms with Crippen molar-refractivity contribution in [2.24, 2.45) is 0 Å². The molecule has 2 nitrogen and oxygen atoms in total. The summed E-state index contributed by atoms with van der Waals surface area (Å²) in [4.78, 5) is 3.89. The fourth-order valence-corrected chi connectivity index (χ4v) is 3.20. The number of benzene rings is 1. The van der Waals surface area contributed by atoms with Crippen LogP contribution < -0.4 is 5.32 Å². The minimum absolute atomic E-state index is 0.172. The zero-order chi connectivity index (χ0) is 15.9.